The van der Waals surface area contributed by atoms with Crippen molar-refractivity contribution in [1.82, 2.24) is 15.1 Å². The Kier molecular flexibility index (Phi) is 9.61. The highest BCUT2D eigenvalue weighted by molar-refractivity contribution is 5.85. The van der Waals surface area contributed by atoms with E-state index in [9.17, 15) is 4.79 Å². The van der Waals surface area contributed by atoms with Gasteiger partial charge in [0.05, 0.1) is 6.54 Å². The molecule has 142 valence electrons. The van der Waals surface area contributed by atoms with Gasteiger partial charge < -0.3 is 10.2 Å². The van der Waals surface area contributed by atoms with Crippen LogP contribution in [0.4, 0.5) is 0 Å². The van der Waals surface area contributed by atoms with E-state index < -0.39 is 0 Å². The minimum atomic E-state index is 0. The average molecular weight is 360 g/mol. The van der Waals surface area contributed by atoms with Gasteiger partial charge in [0.15, 0.2) is 0 Å². The van der Waals surface area contributed by atoms with Crippen LogP contribution in [-0.2, 0) is 4.79 Å². The molecule has 24 heavy (non-hydrogen) atoms. The second kappa shape index (κ2) is 10.6. The van der Waals surface area contributed by atoms with E-state index in [4.69, 9.17) is 0 Å². The molecular formula is C19H38ClN3O. The molecule has 1 saturated heterocycles. The number of nitrogens with one attached hydrogen (secondary N) is 1. The number of nitrogens with zero attached hydrogens (tertiary/aromatic N) is 2. The standard InChI is InChI=1S/C19H37N3O.ClH/c1-15(2)12-22(13-16(3)4)19(23)14-21-9-7-18(8-10-21)20-11-17-5-6-17;/h15-18,20H,5-14H2,1-4H3;1H. The van der Waals surface area contributed by atoms with Gasteiger partial charge in [0.2, 0.25) is 5.91 Å². The smallest absolute Gasteiger partial charge is 0.236 e. The number of rotatable bonds is 9. The Bertz CT molecular complexity index is 354. The van der Waals surface area contributed by atoms with E-state index in [2.05, 4.69) is 42.8 Å². The fraction of sp³-hybridized carbons (Fsp3) is 0.947. The first-order valence-corrected chi connectivity index (χ1v) is 9.67. The molecule has 1 N–H and O–H groups in total. The van der Waals surface area contributed by atoms with Crippen LogP contribution in [0.5, 0.6) is 0 Å². The van der Waals surface area contributed by atoms with Gasteiger partial charge in [-0.3, -0.25) is 9.69 Å². The van der Waals surface area contributed by atoms with E-state index in [1.54, 1.807) is 0 Å². The number of carbonyl (C=O) groups excluding carboxylic acids is 1. The number of halogens is 1. The fourth-order valence-electron chi connectivity index (χ4n) is 3.40. The van der Waals surface area contributed by atoms with Crippen LogP contribution in [0, 0.1) is 17.8 Å². The molecule has 1 aliphatic carbocycles. The minimum absolute atomic E-state index is 0. The van der Waals surface area contributed by atoms with Crippen LogP contribution >= 0.6 is 12.4 Å². The lowest BCUT2D eigenvalue weighted by Gasteiger charge is -2.34. The van der Waals surface area contributed by atoms with Gasteiger partial charge in [-0.05, 0) is 50.0 Å². The first kappa shape index (κ1) is 21.7. The van der Waals surface area contributed by atoms with Crippen molar-refractivity contribution in [2.45, 2.75) is 59.4 Å². The number of hydrogen-bond acceptors (Lipinski definition) is 3. The Labute approximate surface area is 155 Å². The third-order valence-corrected chi connectivity index (χ3v) is 4.86. The maximum atomic E-state index is 12.7. The molecule has 0 aromatic heterocycles. The van der Waals surface area contributed by atoms with Crippen LogP contribution in [0.15, 0.2) is 0 Å². The molecule has 1 amide bonds. The molecule has 2 rings (SSSR count). The monoisotopic (exact) mass is 359 g/mol. The summed E-state index contributed by atoms with van der Waals surface area (Å²) in [7, 11) is 0. The van der Waals surface area contributed by atoms with Gasteiger partial charge in [-0.1, -0.05) is 27.7 Å². The maximum absolute atomic E-state index is 12.7. The van der Waals surface area contributed by atoms with Crippen LogP contribution in [0.1, 0.15) is 53.4 Å². The summed E-state index contributed by atoms with van der Waals surface area (Å²) in [5, 5.41) is 3.71. The first-order valence-electron chi connectivity index (χ1n) is 9.67. The number of hydrogen-bond donors (Lipinski definition) is 1. The van der Waals surface area contributed by atoms with Gasteiger partial charge in [-0.15, -0.1) is 12.4 Å². The minimum Gasteiger partial charge on any atom is -0.341 e. The summed E-state index contributed by atoms with van der Waals surface area (Å²) in [6.07, 6.45) is 5.21. The molecular weight excluding hydrogens is 322 g/mol. The highest BCUT2D eigenvalue weighted by atomic mass is 35.5. The van der Waals surface area contributed by atoms with E-state index in [-0.39, 0.29) is 12.4 Å². The molecule has 0 aromatic rings. The van der Waals surface area contributed by atoms with Crippen molar-refractivity contribution in [2.24, 2.45) is 17.8 Å². The van der Waals surface area contributed by atoms with Gasteiger partial charge in [0.25, 0.3) is 0 Å². The Morgan fingerprint density at radius 1 is 1.04 bits per heavy atom. The number of piperidine rings is 1. The van der Waals surface area contributed by atoms with E-state index in [0.717, 1.165) is 32.1 Å². The SMILES string of the molecule is CC(C)CN(CC(C)C)C(=O)CN1CCC(NCC2CC2)CC1.Cl. The Morgan fingerprint density at radius 2 is 1.58 bits per heavy atom. The van der Waals surface area contributed by atoms with Crippen molar-refractivity contribution in [3.8, 4) is 0 Å². The molecule has 1 aliphatic heterocycles. The average Bonchev–Trinajstić information content (AvgIpc) is 3.29. The zero-order chi connectivity index (χ0) is 16.8. The molecule has 0 aromatic carbocycles. The topological polar surface area (TPSA) is 35.6 Å². The first-order chi connectivity index (χ1) is 10.9. The molecule has 2 fully saturated rings. The highest BCUT2D eigenvalue weighted by Gasteiger charge is 2.26. The predicted octanol–water partition coefficient (Wildman–Crippen LogP) is 3.01. The zero-order valence-electron chi connectivity index (χ0n) is 16.1. The summed E-state index contributed by atoms with van der Waals surface area (Å²) in [5.41, 5.74) is 0. The molecule has 0 spiro atoms. The molecule has 5 heteroatoms. The normalized spacial score (nSPS) is 19.6. The summed E-state index contributed by atoms with van der Waals surface area (Å²) < 4.78 is 0. The van der Waals surface area contributed by atoms with Gasteiger partial charge in [-0.2, -0.15) is 0 Å². The van der Waals surface area contributed by atoms with Gasteiger partial charge in [0.1, 0.15) is 0 Å². The van der Waals surface area contributed by atoms with Crippen LogP contribution in [0.25, 0.3) is 0 Å². The van der Waals surface area contributed by atoms with Crippen molar-refractivity contribution >= 4 is 18.3 Å². The lowest BCUT2D eigenvalue weighted by atomic mass is 10.0. The molecule has 0 unspecified atom stereocenters. The molecule has 0 bridgehead atoms. The van der Waals surface area contributed by atoms with E-state index in [1.165, 1.54) is 32.2 Å². The molecule has 0 radical (unpaired) electrons. The summed E-state index contributed by atoms with van der Waals surface area (Å²) in [4.78, 5) is 17.1. The van der Waals surface area contributed by atoms with Crippen LogP contribution in [0.3, 0.4) is 0 Å². The second-order valence-electron chi connectivity index (χ2n) is 8.49. The molecule has 2 aliphatic rings. The van der Waals surface area contributed by atoms with Gasteiger partial charge >= 0.3 is 0 Å². The number of amides is 1. The maximum Gasteiger partial charge on any atom is 0.236 e. The van der Waals surface area contributed by atoms with Crippen molar-refractivity contribution in [1.29, 1.82) is 0 Å². The van der Waals surface area contributed by atoms with Crippen molar-refractivity contribution in [3.63, 3.8) is 0 Å². The predicted molar refractivity (Wildman–Crippen MR) is 104 cm³/mol. The third kappa shape index (κ3) is 8.17. The van der Waals surface area contributed by atoms with Crippen LogP contribution < -0.4 is 5.32 Å². The quantitative estimate of drug-likeness (QED) is 0.687. The van der Waals surface area contributed by atoms with Gasteiger partial charge in [0, 0.05) is 32.2 Å². The second-order valence-corrected chi connectivity index (χ2v) is 8.49. The van der Waals surface area contributed by atoms with E-state index >= 15 is 0 Å². The molecule has 1 saturated carbocycles. The van der Waals surface area contributed by atoms with E-state index in [0.29, 0.717) is 30.3 Å². The molecule has 1 heterocycles. The largest absolute Gasteiger partial charge is 0.341 e. The number of likely N-dealkylation sites (tertiary alicyclic amines) is 1. The Hall–Kier alpha value is -0.320. The lowest BCUT2D eigenvalue weighted by Crippen LogP contribution is -2.48. The van der Waals surface area contributed by atoms with Crippen molar-refractivity contribution < 1.29 is 4.79 Å². The van der Waals surface area contributed by atoms with E-state index in [1.807, 2.05) is 0 Å². The van der Waals surface area contributed by atoms with Crippen molar-refractivity contribution in [2.75, 3.05) is 39.3 Å². The zero-order valence-corrected chi connectivity index (χ0v) is 16.9. The van der Waals surface area contributed by atoms with Crippen molar-refractivity contribution in [3.05, 3.63) is 0 Å². The van der Waals surface area contributed by atoms with Gasteiger partial charge in [-0.25, -0.2) is 0 Å². The Morgan fingerprint density at radius 3 is 2.04 bits per heavy atom. The summed E-state index contributed by atoms with van der Waals surface area (Å²) in [6.45, 7) is 14.5. The lowest BCUT2D eigenvalue weighted by molar-refractivity contribution is -0.133. The molecule has 4 nitrogen and oxygen atoms in total. The number of carbonyl (C=O) groups is 1. The molecule has 0 atom stereocenters. The third-order valence-electron chi connectivity index (χ3n) is 4.86. The van der Waals surface area contributed by atoms with Crippen LogP contribution in [-0.4, -0.2) is 61.0 Å². The Balaban J connectivity index is 0.00000288. The highest BCUT2D eigenvalue weighted by Crippen LogP contribution is 2.28. The van der Waals surface area contributed by atoms with Crippen LogP contribution in [0.2, 0.25) is 0 Å². The summed E-state index contributed by atoms with van der Waals surface area (Å²) in [6, 6.07) is 0.671. The fourth-order valence-corrected chi connectivity index (χ4v) is 3.40. The summed E-state index contributed by atoms with van der Waals surface area (Å²) >= 11 is 0. The summed E-state index contributed by atoms with van der Waals surface area (Å²) in [5.74, 6) is 2.34.